The number of anilines is 1. The van der Waals surface area contributed by atoms with Crippen LogP contribution in [0.25, 0.3) is 0 Å². The first-order valence-electron chi connectivity index (χ1n) is 10.2. The van der Waals surface area contributed by atoms with Gasteiger partial charge in [0.05, 0.1) is 47.9 Å². The highest BCUT2D eigenvalue weighted by Gasteiger charge is 2.77. The van der Waals surface area contributed by atoms with Crippen LogP contribution in [0.4, 0.5) is 5.69 Å². The van der Waals surface area contributed by atoms with E-state index in [0.29, 0.717) is 17.1 Å². The quantitative estimate of drug-likeness (QED) is 0.443. The molecule has 3 aliphatic rings. The van der Waals surface area contributed by atoms with Crippen molar-refractivity contribution in [3.8, 4) is 0 Å². The van der Waals surface area contributed by atoms with E-state index in [9.17, 15) is 19.5 Å². The number of alkyl halides is 1. The molecule has 1 spiro atoms. The number of aliphatic hydroxyl groups is 1. The van der Waals surface area contributed by atoms with Crippen molar-refractivity contribution in [3.63, 3.8) is 0 Å². The van der Waals surface area contributed by atoms with Gasteiger partial charge in [0.2, 0.25) is 11.8 Å². The summed E-state index contributed by atoms with van der Waals surface area (Å²) in [6.07, 6.45) is -0.200. The first-order valence-corrected chi connectivity index (χ1v) is 11.5. The second kappa shape index (κ2) is 8.35. The Morgan fingerprint density at radius 3 is 2.81 bits per heavy atom. The van der Waals surface area contributed by atoms with Crippen LogP contribution in [0.3, 0.4) is 0 Å². The van der Waals surface area contributed by atoms with Gasteiger partial charge >= 0.3 is 5.97 Å². The van der Waals surface area contributed by atoms with E-state index in [4.69, 9.17) is 21.1 Å². The zero-order valence-corrected chi connectivity index (χ0v) is 19.4. The topological polar surface area (TPSA) is 105 Å². The summed E-state index contributed by atoms with van der Waals surface area (Å²) in [7, 11) is 0. The lowest BCUT2D eigenvalue weighted by Crippen LogP contribution is -2.56. The standard InChI is InChI=1S/C21H24BrClN2O6/c1-3-30-20(29)14-15-19(28)25(10(2)9-26)17(21(15)8-11(22)16(14)31-21)18(27)24-13-7-5-4-6-12(13)23/h4-7,10-11,14-17,26H,3,8-9H2,1-2H3,(H,24,27)/t10-,11?,14-,15+,16-,17-,21+/m1/s1. The molecule has 1 aromatic carbocycles. The van der Waals surface area contributed by atoms with Gasteiger partial charge < -0.3 is 24.8 Å². The highest BCUT2D eigenvalue weighted by molar-refractivity contribution is 9.09. The maximum atomic E-state index is 13.5. The van der Waals surface area contributed by atoms with E-state index in [-0.39, 0.29) is 23.9 Å². The van der Waals surface area contributed by atoms with Crippen LogP contribution in [0.2, 0.25) is 5.02 Å². The van der Waals surface area contributed by atoms with E-state index < -0.39 is 47.5 Å². The van der Waals surface area contributed by atoms with Gasteiger partial charge in [-0.1, -0.05) is 39.7 Å². The molecule has 1 unspecified atom stereocenters. The number of halogens is 2. The van der Waals surface area contributed by atoms with E-state index in [1.807, 2.05) is 0 Å². The Kier molecular flexibility index (Phi) is 6.06. The lowest BCUT2D eigenvalue weighted by atomic mass is 9.70. The third-order valence-corrected chi connectivity index (χ3v) is 7.58. The molecule has 2 bridgehead atoms. The van der Waals surface area contributed by atoms with Gasteiger partial charge in [0.25, 0.3) is 0 Å². The Labute approximate surface area is 193 Å². The number of aliphatic hydroxyl groups excluding tert-OH is 1. The highest BCUT2D eigenvalue weighted by Crippen LogP contribution is 2.60. The molecule has 0 aliphatic carbocycles. The number of amides is 2. The van der Waals surface area contributed by atoms with Crippen molar-refractivity contribution >= 4 is 51.0 Å². The molecule has 168 valence electrons. The molecule has 3 aliphatic heterocycles. The van der Waals surface area contributed by atoms with Crippen LogP contribution >= 0.6 is 27.5 Å². The summed E-state index contributed by atoms with van der Waals surface area (Å²) in [5.41, 5.74) is -0.801. The van der Waals surface area contributed by atoms with Crippen molar-refractivity contribution in [2.45, 2.75) is 48.9 Å². The van der Waals surface area contributed by atoms with E-state index in [0.717, 1.165) is 0 Å². The number of carbonyl (C=O) groups is 3. The molecule has 2 amide bonds. The molecular formula is C21H24BrClN2O6. The molecule has 8 nitrogen and oxygen atoms in total. The second-order valence-electron chi connectivity index (χ2n) is 8.16. The van der Waals surface area contributed by atoms with Crippen LogP contribution in [0.1, 0.15) is 20.3 Å². The van der Waals surface area contributed by atoms with Crippen LogP contribution in [0.15, 0.2) is 24.3 Å². The molecule has 31 heavy (non-hydrogen) atoms. The highest BCUT2D eigenvalue weighted by atomic mass is 79.9. The van der Waals surface area contributed by atoms with Crippen LogP contribution in [0.5, 0.6) is 0 Å². The fourth-order valence-corrected chi connectivity index (χ4v) is 6.33. The monoisotopic (exact) mass is 514 g/mol. The average molecular weight is 516 g/mol. The summed E-state index contributed by atoms with van der Waals surface area (Å²) in [5, 5.41) is 13.0. The average Bonchev–Trinajstić information content (AvgIpc) is 3.32. The Morgan fingerprint density at radius 2 is 2.16 bits per heavy atom. The Hall–Kier alpha value is -1.68. The normalized spacial score (nSPS) is 34.5. The van der Waals surface area contributed by atoms with E-state index >= 15 is 0 Å². The predicted octanol–water partition coefficient (Wildman–Crippen LogP) is 1.97. The minimum Gasteiger partial charge on any atom is -0.466 e. The first-order chi connectivity index (χ1) is 14.8. The minimum atomic E-state index is -1.21. The molecule has 0 radical (unpaired) electrons. The van der Waals surface area contributed by atoms with Crippen molar-refractivity contribution in [2.24, 2.45) is 11.8 Å². The molecule has 0 aromatic heterocycles. The number of esters is 1. The third-order valence-electron chi connectivity index (χ3n) is 6.40. The largest absolute Gasteiger partial charge is 0.466 e. The van der Waals surface area contributed by atoms with Crippen LogP contribution in [-0.4, -0.2) is 69.6 Å². The summed E-state index contributed by atoms with van der Waals surface area (Å²) in [4.78, 5) is 41.0. The van der Waals surface area contributed by atoms with E-state index in [1.54, 1.807) is 38.1 Å². The number of carbonyl (C=O) groups excluding carboxylic acids is 3. The SMILES string of the molecule is CCOC(=O)[C@H]1[C@@H]2O[C@@]3(CC2Br)[C@@H]1C(=O)N([C@H](C)CO)[C@@H]3C(=O)Nc1ccccc1Cl. The second-order valence-corrected chi connectivity index (χ2v) is 9.75. The molecular weight excluding hydrogens is 492 g/mol. The van der Waals surface area contributed by atoms with Gasteiger partial charge in [0.1, 0.15) is 11.6 Å². The van der Waals surface area contributed by atoms with Crippen molar-refractivity contribution in [1.82, 2.24) is 4.90 Å². The van der Waals surface area contributed by atoms with Gasteiger partial charge in [-0.25, -0.2) is 0 Å². The lowest BCUT2D eigenvalue weighted by Gasteiger charge is -2.35. The molecule has 3 saturated heterocycles. The third kappa shape index (κ3) is 3.37. The predicted molar refractivity (Wildman–Crippen MR) is 116 cm³/mol. The smallest absolute Gasteiger partial charge is 0.312 e. The number of likely N-dealkylation sites (tertiary alicyclic amines) is 1. The molecule has 4 rings (SSSR count). The van der Waals surface area contributed by atoms with Crippen molar-refractivity contribution in [2.75, 3.05) is 18.5 Å². The number of ether oxygens (including phenoxy) is 2. The van der Waals surface area contributed by atoms with Crippen LogP contribution in [0, 0.1) is 11.8 Å². The maximum Gasteiger partial charge on any atom is 0.312 e. The van der Waals surface area contributed by atoms with Crippen molar-refractivity contribution in [1.29, 1.82) is 0 Å². The minimum absolute atomic E-state index is 0.177. The van der Waals surface area contributed by atoms with Gasteiger partial charge in [-0.05, 0) is 32.4 Å². The first kappa shape index (κ1) is 22.5. The number of benzene rings is 1. The fraction of sp³-hybridized carbons (Fsp3) is 0.571. The number of hydrogen-bond donors (Lipinski definition) is 2. The van der Waals surface area contributed by atoms with Gasteiger partial charge in [0, 0.05) is 4.83 Å². The summed E-state index contributed by atoms with van der Waals surface area (Å²) in [6, 6.07) is 5.11. The molecule has 7 atom stereocenters. The van der Waals surface area contributed by atoms with Gasteiger partial charge in [-0.2, -0.15) is 0 Å². The number of fused-ring (bicyclic) bond motifs is 1. The fourth-order valence-electron chi connectivity index (χ4n) is 5.20. The number of hydrogen-bond acceptors (Lipinski definition) is 6. The van der Waals surface area contributed by atoms with Crippen LogP contribution < -0.4 is 5.32 Å². The zero-order chi connectivity index (χ0) is 22.5. The maximum absolute atomic E-state index is 13.5. The van der Waals surface area contributed by atoms with Crippen molar-refractivity contribution in [3.05, 3.63) is 29.3 Å². The molecule has 2 N–H and O–H groups in total. The van der Waals surface area contributed by atoms with Gasteiger partial charge in [-0.15, -0.1) is 0 Å². The Balaban J connectivity index is 1.76. The number of para-hydroxylation sites is 1. The number of nitrogens with zero attached hydrogens (tertiary/aromatic N) is 1. The van der Waals surface area contributed by atoms with Crippen molar-refractivity contribution < 1.29 is 29.0 Å². The zero-order valence-electron chi connectivity index (χ0n) is 17.1. The number of rotatable bonds is 6. The molecule has 0 saturated carbocycles. The molecule has 3 heterocycles. The Bertz CT molecular complexity index is 916. The molecule has 10 heteroatoms. The van der Waals surface area contributed by atoms with E-state index in [2.05, 4.69) is 21.2 Å². The van der Waals surface area contributed by atoms with E-state index in [1.165, 1.54) is 4.90 Å². The Morgan fingerprint density at radius 1 is 1.45 bits per heavy atom. The number of nitrogens with one attached hydrogen (secondary N) is 1. The summed E-state index contributed by atoms with van der Waals surface area (Å²) in [6.45, 7) is 3.19. The summed E-state index contributed by atoms with van der Waals surface area (Å²) >= 11 is 9.78. The molecule has 1 aromatic rings. The van der Waals surface area contributed by atoms with Crippen LogP contribution in [-0.2, 0) is 23.9 Å². The lowest BCUT2D eigenvalue weighted by molar-refractivity contribution is -0.155. The summed E-state index contributed by atoms with van der Waals surface area (Å²) < 4.78 is 11.5. The van der Waals surface area contributed by atoms with Gasteiger partial charge in [0.15, 0.2) is 0 Å². The summed E-state index contributed by atoms with van der Waals surface area (Å²) in [5.74, 6) is -3.06. The molecule has 3 fully saturated rings. The van der Waals surface area contributed by atoms with Gasteiger partial charge in [-0.3, -0.25) is 14.4 Å².